The van der Waals surface area contributed by atoms with Gasteiger partial charge < -0.3 is 9.47 Å². The SMILES string of the molecule is C=CC(=O)N1CCCC1c1nc2c(n1C)CCCC2. The van der Waals surface area contributed by atoms with Crippen molar-refractivity contribution in [1.82, 2.24) is 14.5 Å². The second-order valence-electron chi connectivity index (χ2n) is 5.52. The minimum absolute atomic E-state index is 0.0310. The summed E-state index contributed by atoms with van der Waals surface area (Å²) >= 11 is 0. The Labute approximate surface area is 114 Å². The minimum atomic E-state index is 0.0310. The van der Waals surface area contributed by atoms with Crippen LogP contribution in [0.4, 0.5) is 0 Å². The third-order valence-electron chi connectivity index (χ3n) is 4.42. The molecule has 0 bridgehead atoms. The second kappa shape index (κ2) is 4.83. The number of rotatable bonds is 2. The topological polar surface area (TPSA) is 38.1 Å². The Hall–Kier alpha value is -1.58. The number of fused-ring (bicyclic) bond motifs is 1. The highest BCUT2D eigenvalue weighted by atomic mass is 16.2. The first-order valence-electron chi connectivity index (χ1n) is 7.19. The van der Waals surface area contributed by atoms with E-state index in [1.165, 1.54) is 30.3 Å². The molecule has 1 aliphatic carbocycles. The van der Waals surface area contributed by atoms with E-state index in [1.54, 1.807) is 0 Å². The number of imidazole rings is 1. The number of likely N-dealkylation sites (tertiary alicyclic amines) is 1. The quantitative estimate of drug-likeness (QED) is 0.763. The number of hydrogen-bond donors (Lipinski definition) is 0. The molecule has 1 unspecified atom stereocenters. The maximum Gasteiger partial charge on any atom is 0.246 e. The van der Waals surface area contributed by atoms with E-state index in [0.29, 0.717) is 0 Å². The first-order chi connectivity index (χ1) is 9.22. The molecule has 4 heteroatoms. The fraction of sp³-hybridized carbons (Fsp3) is 0.600. The molecular formula is C15H21N3O. The predicted octanol–water partition coefficient (Wildman–Crippen LogP) is 2.15. The Morgan fingerprint density at radius 1 is 1.37 bits per heavy atom. The van der Waals surface area contributed by atoms with Crippen LogP contribution in [0.15, 0.2) is 12.7 Å². The van der Waals surface area contributed by atoms with Gasteiger partial charge in [0.1, 0.15) is 5.82 Å². The monoisotopic (exact) mass is 259 g/mol. The number of carbonyl (C=O) groups excluding carboxylic acids is 1. The Bertz CT molecular complexity index is 518. The number of amides is 1. The molecule has 1 aromatic rings. The van der Waals surface area contributed by atoms with Crippen molar-refractivity contribution in [3.05, 3.63) is 29.9 Å². The van der Waals surface area contributed by atoms with Gasteiger partial charge >= 0.3 is 0 Å². The summed E-state index contributed by atoms with van der Waals surface area (Å²) in [7, 11) is 2.10. The summed E-state index contributed by atoms with van der Waals surface area (Å²) in [5.41, 5.74) is 2.63. The standard InChI is InChI=1S/C15H21N3O/c1-3-14(19)18-10-6-9-13(18)15-16-11-7-4-5-8-12(11)17(15)2/h3,13H,1,4-10H2,2H3. The normalized spacial score (nSPS) is 22.4. The van der Waals surface area contributed by atoms with Gasteiger partial charge in [-0.15, -0.1) is 0 Å². The number of aryl methyl sites for hydroxylation is 1. The molecule has 4 nitrogen and oxygen atoms in total. The Morgan fingerprint density at radius 3 is 2.89 bits per heavy atom. The number of carbonyl (C=O) groups is 1. The van der Waals surface area contributed by atoms with Crippen molar-refractivity contribution in [3.8, 4) is 0 Å². The van der Waals surface area contributed by atoms with Gasteiger partial charge in [-0.2, -0.15) is 0 Å². The maximum atomic E-state index is 11.9. The lowest BCUT2D eigenvalue weighted by Crippen LogP contribution is -2.30. The van der Waals surface area contributed by atoms with Crippen molar-refractivity contribution in [2.24, 2.45) is 7.05 Å². The maximum absolute atomic E-state index is 11.9. The lowest BCUT2D eigenvalue weighted by molar-refractivity contribution is -0.127. The predicted molar refractivity (Wildman–Crippen MR) is 73.7 cm³/mol. The van der Waals surface area contributed by atoms with E-state index in [4.69, 9.17) is 4.98 Å². The first kappa shape index (κ1) is 12.5. The molecular weight excluding hydrogens is 238 g/mol. The van der Waals surface area contributed by atoms with Crippen LogP contribution in [0, 0.1) is 0 Å². The van der Waals surface area contributed by atoms with Crippen molar-refractivity contribution >= 4 is 5.91 Å². The summed E-state index contributed by atoms with van der Waals surface area (Å²) in [6.07, 6.45) is 8.20. The molecule has 102 valence electrons. The van der Waals surface area contributed by atoms with Crippen LogP contribution < -0.4 is 0 Å². The summed E-state index contributed by atoms with van der Waals surface area (Å²) in [5, 5.41) is 0. The van der Waals surface area contributed by atoms with Gasteiger partial charge in [0.2, 0.25) is 5.91 Å². The average molecular weight is 259 g/mol. The molecule has 0 aromatic carbocycles. The molecule has 1 amide bonds. The van der Waals surface area contributed by atoms with Crippen molar-refractivity contribution in [3.63, 3.8) is 0 Å². The minimum Gasteiger partial charge on any atom is -0.333 e. The van der Waals surface area contributed by atoms with Gasteiger partial charge in [0.25, 0.3) is 0 Å². The Balaban J connectivity index is 1.95. The second-order valence-corrected chi connectivity index (χ2v) is 5.52. The van der Waals surface area contributed by atoms with E-state index in [2.05, 4.69) is 18.2 Å². The van der Waals surface area contributed by atoms with E-state index in [9.17, 15) is 4.79 Å². The van der Waals surface area contributed by atoms with Crippen LogP contribution in [-0.4, -0.2) is 26.9 Å². The molecule has 1 fully saturated rings. The Morgan fingerprint density at radius 2 is 2.16 bits per heavy atom. The summed E-state index contributed by atoms with van der Waals surface area (Å²) in [6, 6.07) is 0.140. The molecule has 1 saturated heterocycles. The summed E-state index contributed by atoms with van der Waals surface area (Å²) in [5.74, 6) is 1.10. The highest BCUT2D eigenvalue weighted by Crippen LogP contribution is 2.33. The molecule has 1 aliphatic heterocycles. The van der Waals surface area contributed by atoms with E-state index in [1.807, 2.05) is 4.90 Å². The van der Waals surface area contributed by atoms with Crippen molar-refractivity contribution < 1.29 is 4.79 Å². The highest BCUT2D eigenvalue weighted by molar-refractivity contribution is 5.87. The average Bonchev–Trinajstić information content (AvgIpc) is 3.03. The molecule has 0 spiro atoms. The zero-order valence-electron chi connectivity index (χ0n) is 11.6. The van der Waals surface area contributed by atoms with Crippen LogP contribution >= 0.6 is 0 Å². The van der Waals surface area contributed by atoms with Gasteiger partial charge in [-0.25, -0.2) is 4.98 Å². The first-order valence-corrected chi connectivity index (χ1v) is 7.19. The van der Waals surface area contributed by atoms with Gasteiger partial charge in [-0.05, 0) is 44.6 Å². The van der Waals surface area contributed by atoms with E-state index >= 15 is 0 Å². The largest absolute Gasteiger partial charge is 0.333 e. The Kier molecular flexibility index (Phi) is 3.17. The van der Waals surface area contributed by atoms with Crippen LogP contribution in [0.3, 0.4) is 0 Å². The molecule has 19 heavy (non-hydrogen) atoms. The summed E-state index contributed by atoms with van der Waals surface area (Å²) < 4.78 is 2.23. The third kappa shape index (κ3) is 1.99. The fourth-order valence-electron chi connectivity index (χ4n) is 3.42. The molecule has 2 aliphatic rings. The van der Waals surface area contributed by atoms with E-state index < -0.39 is 0 Å². The summed E-state index contributed by atoms with van der Waals surface area (Å²) in [4.78, 5) is 18.7. The molecule has 0 saturated carbocycles. The van der Waals surface area contributed by atoms with Crippen LogP contribution in [0.1, 0.15) is 48.9 Å². The number of hydrogen-bond acceptors (Lipinski definition) is 2. The molecule has 0 N–H and O–H groups in total. The van der Waals surface area contributed by atoms with Gasteiger partial charge in [-0.3, -0.25) is 4.79 Å². The fourth-order valence-corrected chi connectivity index (χ4v) is 3.42. The van der Waals surface area contributed by atoms with Gasteiger partial charge in [-0.1, -0.05) is 6.58 Å². The molecule has 2 heterocycles. The molecule has 0 radical (unpaired) electrons. The highest BCUT2D eigenvalue weighted by Gasteiger charge is 2.33. The van der Waals surface area contributed by atoms with Crippen molar-refractivity contribution in [2.45, 2.75) is 44.6 Å². The van der Waals surface area contributed by atoms with Crippen LogP contribution in [-0.2, 0) is 24.7 Å². The smallest absolute Gasteiger partial charge is 0.246 e. The van der Waals surface area contributed by atoms with E-state index in [-0.39, 0.29) is 11.9 Å². The molecule has 1 atom stereocenters. The number of aromatic nitrogens is 2. The van der Waals surface area contributed by atoms with Crippen molar-refractivity contribution in [2.75, 3.05) is 6.54 Å². The lowest BCUT2D eigenvalue weighted by Gasteiger charge is -2.23. The van der Waals surface area contributed by atoms with Crippen LogP contribution in [0.25, 0.3) is 0 Å². The van der Waals surface area contributed by atoms with Crippen LogP contribution in [0.5, 0.6) is 0 Å². The molecule has 1 aromatic heterocycles. The van der Waals surface area contributed by atoms with Gasteiger partial charge in [0.15, 0.2) is 0 Å². The van der Waals surface area contributed by atoms with E-state index in [0.717, 1.165) is 38.1 Å². The van der Waals surface area contributed by atoms with Gasteiger partial charge in [0, 0.05) is 19.3 Å². The van der Waals surface area contributed by atoms with Gasteiger partial charge in [0.05, 0.1) is 11.7 Å². The molecule has 3 rings (SSSR count). The lowest BCUT2D eigenvalue weighted by atomic mass is 10.0. The summed E-state index contributed by atoms with van der Waals surface area (Å²) in [6.45, 7) is 4.43. The van der Waals surface area contributed by atoms with Crippen molar-refractivity contribution in [1.29, 1.82) is 0 Å². The third-order valence-corrected chi connectivity index (χ3v) is 4.42. The number of nitrogens with zero attached hydrogens (tertiary/aromatic N) is 3. The van der Waals surface area contributed by atoms with Crippen LogP contribution in [0.2, 0.25) is 0 Å². The zero-order chi connectivity index (χ0) is 13.4. The zero-order valence-corrected chi connectivity index (χ0v) is 11.6.